The third-order valence-electron chi connectivity index (χ3n) is 2.63. The highest BCUT2D eigenvalue weighted by Gasteiger charge is 2.04. The van der Waals surface area contributed by atoms with Crippen molar-refractivity contribution in [3.63, 3.8) is 0 Å². The Morgan fingerprint density at radius 2 is 1.89 bits per heavy atom. The van der Waals surface area contributed by atoms with Gasteiger partial charge >= 0.3 is 0 Å². The van der Waals surface area contributed by atoms with Gasteiger partial charge in [0.15, 0.2) is 0 Å². The van der Waals surface area contributed by atoms with Gasteiger partial charge in [0.1, 0.15) is 5.82 Å². The molecule has 0 fully saturated rings. The molecular weight excluding hydrogens is 245 g/mol. The maximum Gasteiger partial charge on any atom is 0.123 e. The normalized spacial score (nSPS) is 10.6. The van der Waals surface area contributed by atoms with Crippen molar-refractivity contribution in [2.45, 2.75) is 17.2 Å². The molecule has 2 aromatic rings. The first-order valence-corrected chi connectivity index (χ1v) is 6.88. The highest BCUT2D eigenvalue weighted by molar-refractivity contribution is 7.98. The van der Waals surface area contributed by atoms with Gasteiger partial charge in [-0.15, -0.1) is 11.8 Å². The topological polar surface area (TPSA) is 12.0 Å². The lowest BCUT2D eigenvalue weighted by Crippen LogP contribution is -2.06. The van der Waals surface area contributed by atoms with Gasteiger partial charge in [-0.25, -0.2) is 4.39 Å². The van der Waals surface area contributed by atoms with E-state index in [9.17, 15) is 4.39 Å². The molecule has 18 heavy (non-hydrogen) atoms. The van der Waals surface area contributed by atoms with Crippen molar-refractivity contribution in [2.24, 2.45) is 0 Å². The fraction of sp³-hybridized carbons (Fsp3) is 0.200. The summed E-state index contributed by atoms with van der Waals surface area (Å²) >= 11 is 1.74. The van der Waals surface area contributed by atoms with Crippen LogP contribution in [0.25, 0.3) is 0 Å². The van der Waals surface area contributed by atoms with Crippen LogP contribution in [-0.2, 0) is 12.3 Å². The zero-order valence-corrected chi connectivity index (χ0v) is 11.1. The molecule has 0 aliphatic carbocycles. The van der Waals surface area contributed by atoms with Crippen LogP contribution in [0.5, 0.6) is 0 Å². The maximum absolute atomic E-state index is 13.2. The quantitative estimate of drug-likeness (QED) is 0.821. The van der Waals surface area contributed by atoms with Crippen molar-refractivity contribution in [1.82, 2.24) is 5.32 Å². The molecule has 2 aromatic carbocycles. The summed E-state index contributed by atoms with van der Waals surface area (Å²) in [5, 5.41) is 3.07. The minimum Gasteiger partial charge on any atom is -0.316 e. The Morgan fingerprint density at radius 1 is 1.11 bits per heavy atom. The van der Waals surface area contributed by atoms with E-state index in [4.69, 9.17) is 0 Å². The van der Waals surface area contributed by atoms with Crippen molar-refractivity contribution in [1.29, 1.82) is 0 Å². The van der Waals surface area contributed by atoms with Crippen LogP contribution in [0.15, 0.2) is 53.4 Å². The molecule has 94 valence electrons. The Hall–Kier alpha value is -1.32. The second-order valence-electron chi connectivity index (χ2n) is 4.06. The van der Waals surface area contributed by atoms with Crippen molar-refractivity contribution in [2.75, 3.05) is 7.05 Å². The van der Waals surface area contributed by atoms with E-state index in [1.165, 1.54) is 11.6 Å². The summed E-state index contributed by atoms with van der Waals surface area (Å²) in [5.41, 5.74) is 2.29. The molecule has 0 bridgehead atoms. The van der Waals surface area contributed by atoms with Crippen molar-refractivity contribution in [3.05, 3.63) is 65.5 Å². The fourth-order valence-electron chi connectivity index (χ4n) is 1.75. The van der Waals surface area contributed by atoms with Gasteiger partial charge in [-0.05, 0) is 36.4 Å². The lowest BCUT2D eigenvalue weighted by molar-refractivity contribution is 0.621. The van der Waals surface area contributed by atoms with Crippen LogP contribution in [0, 0.1) is 5.82 Å². The molecular formula is C15H16FNS. The van der Waals surface area contributed by atoms with Crippen molar-refractivity contribution >= 4 is 11.8 Å². The number of halogens is 1. The van der Waals surface area contributed by atoms with E-state index in [1.54, 1.807) is 17.8 Å². The first-order chi connectivity index (χ1) is 8.79. The Balaban J connectivity index is 2.09. The van der Waals surface area contributed by atoms with Gasteiger partial charge in [0, 0.05) is 17.2 Å². The number of hydrogen-bond donors (Lipinski definition) is 1. The minimum absolute atomic E-state index is 0.177. The maximum atomic E-state index is 13.2. The molecule has 0 spiro atoms. The predicted octanol–water partition coefficient (Wildman–Crippen LogP) is 3.84. The van der Waals surface area contributed by atoms with Gasteiger partial charge in [0.25, 0.3) is 0 Å². The Morgan fingerprint density at radius 3 is 2.61 bits per heavy atom. The highest BCUT2D eigenvalue weighted by atomic mass is 32.2. The van der Waals surface area contributed by atoms with Crippen LogP contribution in [0.3, 0.4) is 0 Å². The summed E-state index contributed by atoms with van der Waals surface area (Å²) in [4.78, 5) is 1.13. The standard InChI is InChI=1S/C15H16FNS/c1-17-10-13-9-14(16)7-8-15(13)18-11-12-5-3-2-4-6-12/h2-9,17H,10-11H2,1H3. The summed E-state index contributed by atoms with van der Waals surface area (Å²) < 4.78 is 13.2. The first kappa shape index (κ1) is 13.1. The van der Waals surface area contributed by atoms with E-state index in [2.05, 4.69) is 17.4 Å². The molecule has 0 radical (unpaired) electrons. The van der Waals surface area contributed by atoms with Gasteiger partial charge in [-0.3, -0.25) is 0 Å². The van der Waals surface area contributed by atoms with Crippen LogP contribution in [-0.4, -0.2) is 7.05 Å². The summed E-state index contributed by atoms with van der Waals surface area (Å²) in [6.45, 7) is 0.689. The lowest BCUT2D eigenvalue weighted by Gasteiger charge is -2.09. The smallest absolute Gasteiger partial charge is 0.123 e. The summed E-state index contributed by atoms with van der Waals surface area (Å²) in [7, 11) is 1.87. The van der Waals surface area contributed by atoms with E-state index in [0.29, 0.717) is 6.54 Å². The van der Waals surface area contributed by atoms with Gasteiger partial charge in [-0.1, -0.05) is 30.3 Å². The van der Waals surface area contributed by atoms with E-state index in [-0.39, 0.29) is 5.82 Å². The minimum atomic E-state index is -0.177. The molecule has 0 atom stereocenters. The summed E-state index contributed by atoms with van der Waals surface area (Å²) in [6, 6.07) is 15.3. The third-order valence-corrected chi connectivity index (χ3v) is 3.81. The second-order valence-corrected chi connectivity index (χ2v) is 5.07. The summed E-state index contributed by atoms with van der Waals surface area (Å²) in [6.07, 6.45) is 0. The average molecular weight is 261 g/mol. The fourth-order valence-corrected chi connectivity index (χ4v) is 2.75. The van der Waals surface area contributed by atoms with E-state index in [0.717, 1.165) is 16.2 Å². The van der Waals surface area contributed by atoms with Crippen LogP contribution in [0.2, 0.25) is 0 Å². The van der Waals surface area contributed by atoms with Crippen LogP contribution in [0.4, 0.5) is 4.39 Å². The zero-order valence-electron chi connectivity index (χ0n) is 10.3. The van der Waals surface area contributed by atoms with Crippen LogP contribution < -0.4 is 5.32 Å². The van der Waals surface area contributed by atoms with Crippen LogP contribution >= 0.6 is 11.8 Å². The monoisotopic (exact) mass is 261 g/mol. The van der Waals surface area contributed by atoms with Crippen molar-refractivity contribution < 1.29 is 4.39 Å². The van der Waals surface area contributed by atoms with E-state index < -0.39 is 0 Å². The highest BCUT2D eigenvalue weighted by Crippen LogP contribution is 2.26. The molecule has 2 rings (SSSR count). The lowest BCUT2D eigenvalue weighted by atomic mass is 10.2. The molecule has 0 amide bonds. The molecule has 0 unspecified atom stereocenters. The number of rotatable bonds is 5. The van der Waals surface area contributed by atoms with Crippen LogP contribution in [0.1, 0.15) is 11.1 Å². The van der Waals surface area contributed by atoms with Gasteiger partial charge in [-0.2, -0.15) is 0 Å². The van der Waals surface area contributed by atoms with Crippen molar-refractivity contribution in [3.8, 4) is 0 Å². The molecule has 0 aliphatic rings. The average Bonchev–Trinajstić information content (AvgIpc) is 2.39. The molecule has 0 saturated heterocycles. The molecule has 1 N–H and O–H groups in total. The number of hydrogen-bond acceptors (Lipinski definition) is 2. The number of nitrogens with one attached hydrogen (secondary N) is 1. The van der Waals surface area contributed by atoms with E-state index >= 15 is 0 Å². The zero-order chi connectivity index (χ0) is 12.8. The van der Waals surface area contributed by atoms with Gasteiger partial charge in [0.05, 0.1) is 0 Å². The molecule has 1 nitrogen and oxygen atoms in total. The largest absolute Gasteiger partial charge is 0.316 e. The summed E-state index contributed by atoms with van der Waals surface area (Å²) in [5.74, 6) is 0.729. The SMILES string of the molecule is CNCc1cc(F)ccc1SCc1ccccc1. The van der Waals surface area contributed by atoms with Gasteiger partial charge in [0.2, 0.25) is 0 Å². The molecule has 3 heteroatoms. The Bertz CT molecular complexity index is 499. The molecule has 0 aliphatic heterocycles. The Kier molecular flexibility index (Phi) is 4.79. The Labute approximate surface area is 111 Å². The molecule has 0 aromatic heterocycles. The first-order valence-electron chi connectivity index (χ1n) is 5.89. The number of benzene rings is 2. The third kappa shape index (κ3) is 3.59. The predicted molar refractivity (Wildman–Crippen MR) is 75.2 cm³/mol. The van der Waals surface area contributed by atoms with E-state index in [1.807, 2.05) is 31.3 Å². The van der Waals surface area contributed by atoms with Gasteiger partial charge < -0.3 is 5.32 Å². The number of thioether (sulfide) groups is 1. The second kappa shape index (κ2) is 6.57. The molecule has 0 heterocycles. The molecule has 0 saturated carbocycles.